The molecule has 1 fully saturated rings. The number of rotatable bonds is 4. The van der Waals surface area contributed by atoms with Crippen LogP contribution in [0, 0.1) is 6.92 Å². The second kappa shape index (κ2) is 6.75. The topological polar surface area (TPSA) is 51.7 Å². The highest BCUT2D eigenvalue weighted by molar-refractivity contribution is 5.92. The van der Waals surface area contributed by atoms with Gasteiger partial charge in [0.25, 0.3) is 5.91 Å². The standard InChI is InChI=1S/C20H22N2O3/c1-14-5-4-8-17(21-14)20(23)22(16-6-2-3-7-16)12-15-9-10-18-19(11-15)25-13-24-18/h4-5,8-11,16H,2-3,6-7,12-13H2,1H3. The molecule has 25 heavy (non-hydrogen) atoms. The molecule has 0 bridgehead atoms. The van der Waals surface area contributed by atoms with Crippen molar-refractivity contribution in [1.29, 1.82) is 0 Å². The lowest BCUT2D eigenvalue weighted by atomic mass is 10.1. The zero-order valence-corrected chi connectivity index (χ0v) is 14.4. The van der Waals surface area contributed by atoms with Crippen molar-refractivity contribution >= 4 is 5.91 Å². The molecule has 2 aromatic rings. The number of hydrogen-bond donors (Lipinski definition) is 0. The van der Waals surface area contributed by atoms with E-state index in [-0.39, 0.29) is 18.7 Å². The van der Waals surface area contributed by atoms with E-state index in [0.717, 1.165) is 35.6 Å². The summed E-state index contributed by atoms with van der Waals surface area (Å²) in [6.07, 6.45) is 4.47. The maximum Gasteiger partial charge on any atom is 0.273 e. The first kappa shape index (κ1) is 15.9. The number of aryl methyl sites for hydroxylation is 1. The summed E-state index contributed by atoms with van der Waals surface area (Å²) in [6.45, 7) is 2.74. The zero-order chi connectivity index (χ0) is 17.2. The molecule has 2 aliphatic rings. The molecule has 1 saturated carbocycles. The van der Waals surface area contributed by atoms with E-state index in [1.165, 1.54) is 12.8 Å². The van der Waals surface area contributed by atoms with Crippen LogP contribution in [0.3, 0.4) is 0 Å². The molecule has 5 nitrogen and oxygen atoms in total. The molecule has 4 rings (SSSR count). The lowest BCUT2D eigenvalue weighted by Gasteiger charge is -2.29. The third kappa shape index (κ3) is 3.31. The Labute approximate surface area is 147 Å². The van der Waals surface area contributed by atoms with Gasteiger partial charge in [0, 0.05) is 18.3 Å². The smallest absolute Gasteiger partial charge is 0.273 e. The van der Waals surface area contributed by atoms with Gasteiger partial charge in [-0.1, -0.05) is 25.0 Å². The Hall–Kier alpha value is -2.56. The van der Waals surface area contributed by atoms with Crippen LogP contribution in [-0.2, 0) is 6.54 Å². The Morgan fingerprint density at radius 1 is 1.16 bits per heavy atom. The van der Waals surface area contributed by atoms with Gasteiger partial charge in [0.15, 0.2) is 11.5 Å². The monoisotopic (exact) mass is 338 g/mol. The minimum Gasteiger partial charge on any atom is -0.454 e. The van der Waals surface area contributed by atoms with Crippen LogP contribution in [0.5, 0.6) is 11.5 Å². The number of pyridine rings is 1. The number of aromatic nitrogens is 1. The Bertz CT molecular complexity index is 784. The fourth-order valence-corrected chi connectivity index (χ4v) is 3.63. The highest BCUT2D eigenvalue weighted by Gasteiger charge is 2.28. The van der Waals surface area contributed by atoms with Crippen molar-refractivity contribution in [2.24, 2.45) is 0 Å². The molecule has 0 unspecified atom stereocenters. The highest BCUT2D eigenvalue weighted by atomic mass is 16.7. The molecule has 0 N–H and O–H groups in total. The summed E-state index contributed by atoms with van der Waals surface area (Å²) < 4.78 is 10.8. The normalized spacial score (nSPS) is 16.2. The molecule has 0 spiro atoms. The van der Waals surface area contributed by atoms with E-state index in [1.807, 2.05) is 42.2 Å². The lowest BCUT2D eigenvalue weighted by molar-refractivity contribution is 0.0658. The Morgan fingerprint density at radius 3 is 2.76 bits per heavy atom. The average molecular weight is 338 g/mol. The van der Waals surface area contributed by atoms with Gasteiger partial charge < -0.3 is 14.4 Å². The summed E-state index contributed by atoms with van der Waals surface area (Å²) in [5.41, 5.74) is 2.44. The number of hydrogen-bond acceptors (Lipinski definition) is 4. The quantitative estimate of drug-likeness (QED) is 0.853. The molecule has 130 valence electrons. The summed E-state index contributed by atoms with van der Waals surface area (Å²) in [4.78, 5) is 19.5. The van der Waals surface area contributed by atoms with Gasteiger partial charge in [-0.25, -0.2) is 4.98 Å². The number of fused-ring (bicyclic) bond motifs is 1. The Kier molecular flexibility index (Phi) is 4.30. The predicted octanol–water partition coefficient (Wildman–Crippen LogP) is 3.70. The summed E-state index contributed by atoms with van der Waals surface area (Å²) in [6, 6.07) is 11.8. The van der Waals surface area contributed by atoms with Gasteiger partial charge in [0.2, 0.25) is 6.79 Å². The molecule has 5 heteroatoms. The number of carbonyl (C=O) groups is 1. The van der Waals surface area contributed by atoms with Crippen LogP contribution in [0.4, 0.5) is 0 Å². The van der Waals surface area contributed by atoms with Crippen LogP contribution in [0.15, 0.2) is 36.4 Å². The molecular formula is C20H22N2O3. The average Bonchev–Trinajstić information content (AvgIpc) is 3.30. The van der Waals surface area contributed by atoms with E-state index in [1.54, 1.807) is 6.07 Å². The fourth-order valence-electron chi connectivity index (χ4n) is 3.63. The molecule has 0 atom stereocenters. The van der Waals surface area contributed by atoms with Gasteiger partial charge in [-0.05, 0) is 49.6 Å². The van der Waals surface area contributed by atoms with Gasteiger partial charge in [-0.3, -0.25) is 4.79 Å². The van der Waals surface area contributed by atoms with Gasteiger partial charge in [-0.15, -0.1) is 0 Å². The van der Waals surface area contributed by atoms with Crippen molar-refractivity contribution in [3.8, 4) is 11.5 Å². The molecule has 1 amide bonds. The zero-order valence-electron chi connectivity index (χ0n) is 14.4. The molecular weight excluding hydrogens is 316 g/mol. The number of nitrogens with zero attached hydrogens (tertiary/aromatic N) is 2. The van der Waals surface area contributed by atoms with Crippen LogP contribution >= 0.6 is 0 Å². The van der Waals surface area contributed by atoms with Crippen molar-refractivity contribution in [3.63, 3.8) is 0 Å². The minimum absolute atomic E-state index is 0.00765. The minimum atomic E-state index is 0.00765. The summed E-state index contributed by atoms with van der Waals surface area (Å²) >= 11 is 0. The van der Waals surface area contributed by atoms with E-state index in [9.17, 15) is 4.79 Å². The number of ether oxygens (including phenoxy) is 2. The first-order valence-corrected chi connectivity index (χ1v) is 8.84. The van der Waals surface area contributed by atoms with Gasteiger partial charge >= 0.3 is 0 Å². The van der Waals surface area contributed by atoms with Crippen LogP contribution in [0.1, 0.15) is 47.4 Å². The van der Waals surface area contributed by atoms with Gasteiger partial charge in [0.05, 0.1) is 0 Å². The number of benzene rings is 1. The fraction of sp³-hybridized carbons (Fsp3) is 0.400. The van der Waals surface area contributed by atoms with E-state index in [4.69, 9.17) is 9.47 Å². The van der Waals surface area contributed by atoms with E-state index in [0.29, 0.717) is 12.2 Å². The van der Waals surface area contributed by atoms with Crippen molar-refractivity contribution in [1.82, 2.24) is 9.88 Å². The van der Waals surface area contributed by atoms with E-state index < -0.39 is 0 Å². The van der Waals surface area contributed by atoms with Crippen LogP contribution in [0.2, 0.25) is 0 Å². The molecule has 1 aromatic heterocycles. The molecule has 1 aliphatic heterocycles. The van der Waals surface area contributed by atoms with Gasteiger partial charge in [0.1, 0.15) is 5.69 Å². The lowest BCUT2D eigenvalue weighted by Crippen LogP contribution is -2.38. The number of carbonyl (C=O) groups excluding carboxylic acids is 1. The molecule has 0 saturated heterocycles. The van der Waals surface area contributed by atoms with Crippen molar-refractivity contribution in [3.05, 3.63) is 53.3 Å². The van der Waals surface area contributed by atoms with Crippen LogP contribution in [-0.4, -0.2) is 28.6 Å². The van der Waals surface area contributed by atoms with Crippen LogP contribution < -0.4 is 9.47 Å². The van der Waals surface area contributed by atoms with Crippen LogP contribution in [0.25, 0.3) is 0 Å². The van der Waals surface area contributed by atoms with E-state index in [2.05, 4.69) is 4.98 Å². The SMILES string of the molecule is Cc1cccc(C(=O)N(Cc2ccc3c(c2)OCO3)C2CCCC2)n1. The third-order valence-corrected chi connectivity index (χ3v) is 4.92. The van der Waals surface area contributed by atoms with Gasteiger partial charge in [-0.2, -0.15) is 0 Å². The van der Waals surface area contributed by atoms with E-state index >= 15 is 0 Å². The Balaban J connectivity index is 1.61. The second-order valence-corrected chi connectivity index (χ2v) is 6.72. The first-order valence-electron chi connectivity index (χ1n) is 8.84. The summed E-state index contributed by atoms with van der Waals surface area (Å²) in [7, 11) is 0. The van der Waals surface area contributed by atoms with Crippen molar-refractivity contribution in [2.75, 3.05) is 6.79 Å². The maximum absolute atomic E-state index is 13.1. The summed E-state index contributed by atoms with van der Waals surface area (Å²) in [5.74, 6) is 1.53. The number of amides is 1. The second-order valence-electron chi connectivity index (χ2n) is 6.72. The first-order chi connectivity index (χ1) is 12.2. The summed E-state index contributed by atoms with van der Waals surface area (Å²) in [5, 5.41) is 0. The predicted molar refractivity (Wildman–Crippen MR) is 93.7 cm³/mol. The highest BCUT2D eigenvalue weighted by Crippen LogP contribution is 2.34. The molecule has 2 heterocycles. The van der Waals surface area contributed by atoms with Crippen molar-refractivity contribution in [2.45, 2.75) is 45.2 Å². The maximum atomic E-state index is 13.1. The van der Waals surface area contributed by atoms with Crippen molar-refractivity contribution < 1.29 is 14.3 Å². The molecule has 0 radical (unpaired) electrons. The molecule has 1 aromatic carbocycles. The largest absolute Gasteiger partial charge is 0.454 e. The Morgan fingerprint density at radius 2 is 1.96 bits per heavy atom. The molecule has 1 aliphatic carbocycles. The third-order valence-electron chi connectivity index (χ3n) is 4.92.